The molecule has 3 rings (SSSR count). The zero-order valence-electron chi connectivity index (χ0n) is 15.6. The van der Waals surface area contributed by atoms with E-state index in [1.165, 1.54) is 0 Å². The van der Waals surface area contributed by atoms with Crippen LogP contribution in [0.25, 0.3) is 6.08 Å². The summed E-state index contributed by atoms with van der Waals surface area (Å²) >= 11 is 0. The van der Waals surface area contributed by atoms with Gasteiger partial charge in [-0.15, -0.1) is 0 Å². The Kier molecular flexibility index (Phi) is 6.27. The third-order valence-corrected chi connectivity index (χ3v) is 4.94. The fourth-order valence-corrected chi connectivity index (χ4v) is 3.04. The first-order valence-electron chi connectivity index (χ1n) is 9.56. The van der Waals surface area contributed by atoms with E-state index in [9.17, 15) is 14.4 Å². The van der Waals surface area contributed by atoms with Crippen LogP contribution in [0.2, 0.25) is 0 Å². The van der Waals surface area contributed by atoms with E-state index in [0.29, 0.717) is 25.9 Å². The Morgan fingerprint density at radius 3 is 2.41 bits per heavy atom. The summed E-state index contributed by atoms with van der Waals surface area (Å²) in [7, 11) is 0. The minimum absolute atomic E-state index is 0.0529. The molecule has 0 bridgehead atoms. The molecule has 1 saturated carbocycles. The van der Waals surface area contributed by atoms with Crippen molar-refractivity contribution >= 4 is 23.9 Å². The molecule has 6 heteroatoms. The van der Waals surface area contributed by atoms with Crippen LogP contribution in [0.5, 0.6) is 0 Å². The first-order chi connectivity index (χ1) is 13.0. The van der Waals surface area contributed by atoms with Crippen LogP contribution in [0, 0.1) is 5.92 Å². The number of ether oxygens (including phenoxy) is 1. The summed E-state index contributed by atoms with van der Waals surface area (Å²) in [6.07, 6.45) is 5.70. The van der Waals surface area contributed by atoms with Crippen molar-refractivity contribution in [3.05, 3.63) is 42.0 Å². The minimum Gasteiger partial charge on any atom is -0.452 e. The van der Waals surface area contributed by atoms with E-state index in [1.54, 1.807) is 24.0 Å². The van der Waals surface area contributed by atoms with Gasteiger partial charge in [0.1, 0.15) is 0 Å². The molecule has 1 aromatic carbocycles. The molecular weight excluding hydrogens is 344 g/mol. The average molecular weight is 370 g/mol. The SMILES string of the molecule is C[C@H](OC(=O)C1CCN(C(=O)/C=C/c2ccccc2)CC1)C(=O)NC1CC1. The number of piperidine rings is 1. The monoisotopic (exact) mass is 370 g/mol. The highest BCUT2D eigenvalue weighted by molar-refractivity contribution is 5.92. The van der Waals surface area contributed by atoms with E-state index in [0.717, 1.165) is 18.4 Å². The number of carbonyl (C=O) groups excluding carboxylic acids is 3. The molecule has 1 aliphatic carbocycles. The molecule has 6 nitrogen and oxygen atoms in total. The maximum atomic E-state index is 12.3. The third-order valence-electron chi connectivity index (χ3n) is 4.94. The van der Waals surface area contributed by atoms with Gasteiger partial charge < -0.3 is 15.0 Å². The van der Waals surface area contributed by atoms with Gasteiger partial charge in [0.25, 0.3) is 5.91 Å². The van der Waals surface area contributed by atoms with Gasteiger partial charge in [0.2, 0.25) is 5.91 Å². The third kappa shape index (κ3) is 5.67. The molecule has 0 spiro atoms. The highest BCUT2D eigenvalue weighted by atomic mass is 16.5. The molecule has 0 aromatic heterocycles. The van der Waals surface area contributed by atoms with Crippen LogP contribution in [0.3, 0.4) is 0 Å². The lowest BCUT2D eigenvalue weighted by Gasteiger charge is -2.30. The number of hydrogen-bond donors (Lipinski definition) is 1. The molecule has 0 unspecified atom stereocenters. The summed E-state index contributed by atoms with van der Waals surface area (Å²) in [5, 5.41) is 2.83. The van der Waals surface area contributed by atoms with Gasteiger partial charge >= 0.3 is 5.97 Å². The van der Waals surface area contributed by atoms with E-state index in [2.05, 4.69) is 5.32 Å². The van der Waals surface area contributed by atoms with Crippen LogP contribution in [-0.4, -0.2) is 47.9 Å². The summed E-state index contributed by atoms with van der Waals surface area (Å²) in [5.74, 6) is -0.893. The molecule has 0 radical (unpaired) electrons. The molecule has 1 aromatic rings. The van der Waals surface area contributed by atoms with Crippen molar-refractivity contribution < 1.29 is 19.1 Å². The number of esters is 1. The van der Waals surface area contributed by atoms with Gasteiger partial charge in [-0.3, -0.25) is 14.4 Å². The molecule has 2 amide bonds. The van der Waals surface area contributed by atoms with Crippen molar-refractivity contribution in [2.45, 2.75) is 44.8 Å². The van der Waals surface area contributed by atoms with Gasteiger partial charge in [-0.2, -0.15) is 0 Å². The maximum Gasteiger partial charge on any atom is 0.309 e. The van der Waals surface area contributed by atoms with Crippen LogP contribution in [-0.2, 0) is 19.1 Å². The Bertz CT molecular complexity index is 704. The number of carbonyl (C=O) groups is 3. The van der Waals surface area contributed by atoms with E-state index >= 15 is 0 Å². The van der Waals surface area contributed by atoms with E-state index < -0.39 is 6.10 Å². The second kappa shape index (κ2) is 8.84. The van der Waals surface area contributed by atoms with Crippen molar-refractivity contribution in [1.82, 2.24) is 10.2 Å². The van der Waals surface area contributed by atoms with Gasteiger partial charge in [-0.25, -0.2) is 0 Å². The zero-order valence-corrected chi connectivity index (χ0v) is 15.6. The Balaban J connectivity index is 1.42. The van der Waals surface area contributed by atoms with Crippen LogP contribution in [0.1, 0.15) is 38.2 Å². The molecule has 27 heavy (non-hydrogen) atoms. The molecular formula is C21H26N2O4. The number of likely N-dealkylation sites (tertiary alicyclic amines) is 1. The van der Waals surface area contributed by atoms with Gasteiger partial charge in [-0.05, 0) is 44.2 Å². The van der Waals surface area contributed by atoms with E-state index in [1.807, 2.05) is 30.3 Å². The number of hydrogen-bond acceptors (Lipinski definition) is 4. The fourth-order valence-electron chi connectivity index (χ4n) is 3.04. The summed E-state index contributed by atoms with van der Waals surface area (Å²) in [5.41, 5.74) is 0.975. The quantitative estimate of drug-likeness (QED) is 0.615. The van der Waals surface area contributed by atoms with Crippen LogP contribution in [0.4, 0.5) is 0 Å². The van der Waals surface area contributed by atoms with Crippen molar-refractivity contribution in [1.29, 1.82) is 0 Å². The lowest BCUT2D eigenvalue weighted by molar-refractivity contribution is -0.160. The number of benzene rings is 1. The Morgan fingerprint density at radius 2 is 1.78 bits per heavy atom. The topological polar surface area (TPSA) is 75.7 Å². The minimum atomic E-state index is -0.772. The molecule has 2 aliphatic rings. The van der Waals surface area contributed by atoms with Gasteiger partial charge in [0, 0.05) is 25.2 Å². The first-order valence-corrected chi connectivity index (χ1v) is 9.56. The summed E-state index contributed by atoms with van der Waals surface area (Å²) in [6, 6.07) is 9.90. The predicted octanol–water partition coefficient (Wildman–Crippen LogP) is 2.15. The molecule has 1 saturated heterocycles. The number of rotatable bonds is 6. The first kappa shape index (κ1) is 19.1. The normalized spacial score (nSPS) is 18.9. The molecule has 1 atom stereocenters. The van der Waals surface area contributed by atoms with E-state index in [4.69, 9.17) is 4.74 Å². The Labute approximate surface area is 159 Å². The van der Waals surface area contributed by atoms with Crippen molar-refractivity contribution in [3.8, 4) is 0 Å². The van der Waals surface area contributed by atoms with Gasteiger partial charge in [0.05, 0.1) is 5.92 Å². The van der Waals surface area contributed by atoms with Crippen LogP contribution < -0.4 is 5.32 Å². The average Bonchev–Trinajstić information content (AvgIpc) is 3.51. The molecule has 144 valence electrons. The highest BCUT2D eigenvalue weighted by Gasteiger charge is 2.31. The number of nitrogens with one attached hydrogen (secondary N) is 1. The zero-order chi connectivity index (χ0) is 19.2. The van der Waals surface area contributed by atoms with Crippen molar-refractivity contribution in [2.24, 2.45) is 5.92 Å². The number of amides is 2. The molecule has 2 fully saturated rings. The largest absolute Gasteiger partial charge is 0.452 e. The standard InChI is InChI=1S/C21H26N2O4/c1-15(20(25)22-18-8-9-18)27-21(26)17-11-13-23(14-12-17)19(24)10-7-16-5-3-2-4-6-16/h2-7,10,15,17-18H,8-9,11-14H2,1H3,(H,22,25)/b10-7+/t15-/m0/s1. The predicted molar refractivity (Wildman–Crippen MR) is 101 cm³/mol. The van der Waals surface area contributed by atoms with E-state index in [-0.39, 0.29) is 29.7 Å². The Hall–Kier alpha value is -2.63. The van der Waals surface area contributed by atoms with Crippen LogP contribution in [0.15, 0.2) is 36.4 Å². The maximum absolute atomic E-state index is 12.3. The Morgan fingerprint density at radius 1 is 1.11 bits per heavy atom. The van der Waals surface area contributed by atoms with Crippen molar-refractivity contribution in [3.63, 3.8) is 0 Å². The molecule has 1 aliphatic heterocycles. The number of nitrogens with zero attached hydrogens (tertiary/aromatic N) is 1. The summed E-state index contributed by atoms with van der Waals surface area (Å²) < 4.78 is 5.31. The summed E-state index contributed by atoms with van der Waals surface area (Å²) in [6.45, 7) is 2.63. The molecule has 1 N–H and O–H groups in total. The smallest absolute Gasteiger partial charge is 0.309 e. The lowest BCUT2D eigenvalue weighted by atomic mass is 9.97. The van der Waals surface area contributed by atoms with Crippen LogP contribution >= 0.6 is 0 Å². The second-order valence-electron chi connectivity index (χ2n) is 7.21. The second-order valence-corrected chi connectivity index (χ2v) is 7.21. The van der Waals surface area contributed by atoms with Gasteiger partial charge in [-0.1, -0.05) is 30.3 Å². The van der Waals surface area contributed by atoms with Crippen molar-refractivity contribution in [2.75, 3.05) is 13.1 Å². The van der Waals surface area contributed by atoms with Gasteiger partial charge in [0.15, 0.2) is 6.10 Å². The molecule has 1 heterocycles. The lowest BCUT2D eigenvalue weighted by Crippen LogP contribution is -2.42. The fraction of sp³-hybridized carbons (Fsp3) is 0.476. The summed E-state index contributed by atoms with van der Waals surface area (Å²) in [4.78, 5) is 38.2. The highest BCUT2D eigenvalue weighted by Crippen LogP contribution is 2.21.